The van der Waals surface area contributed by atoms with E-state index in [0.717, 1.165) is 11.3 Å². The van der Waals surface area contributed by atoms with Crippen LogP contribution in [0.4, 0.5) is 15.9 Å². The standard InChI is InChI=1S/C18H23FN4O4/c1-4-5-10-23-15(20)14(16(24)21-18(23)26)22(3)17(25)11(2)27-13-8-6-12(19)7-9-13/h6-9,11H,4-5,10,20H2,1-3H3,(H,21,24,26)/t11-/m1/s1. The average Bonchev–Trinajstić information content (AvgIpc) is 2.62. The number of anilines is 2. The number of unbranched alkanes of at least 4 members (excludes halogenated alkanes) is 1. The zero-order chi connectivity index (χ0) is 20.1. The summed E-state index contributed by atoms with van der Waals surface area (Å²) < 4.78 is 19.7. The van der Waals surface area contributed by atoms with Gasteiger partial charge in [0.1, 0.15) is 17.4 Å². The number of H-pyrrole nitrogens is 1. The van der Waals surface area contributed by atoms with E-state index in [2.05, 4.69) is 4.98 Å². The lowest BCUT2D eigenvalue weighted by Crippen LogP contribution is -2.43. The lowest BCUT2D eigenvalue weighted by atomic mass is 10.3. The van der Waals surface area contributed by atoms with Gasteiger partial charge >= 0.3 is 5.69 Å². The molecular formula is C18H23FN4O4. The number of hydrogen-bond acceptors (Lipinski definition) is 5. The molecule has 0 bridgehead atoms. The molecule has 1 amide bonds. The first-order chi connectivity index (χ1) is 12.8. The van der Waals surface area contributed by atoms with Crippen molar-refractivity contribution in [3.8, 4) is 5.75 Å². The van der Waals surface area contributed by atoms with Gasteiger partial charge in [0, 0.05) is 13.6 Å². The van der Waals surface area contributed by atoms with E-state index in [1.165, 1.54) is 42.8 Å². The van der Waals surface area contributed by atoms with Gasteiger partial charge in [0.05, 0.1) is 0 Å². The minimum Gasteiger partial charge on any atom is -0.481 e. The molecule has 0 aliphatic rings. The Morgan fingerprint density at radius 3 is 2.56 bits per heavy atom. The smallest absolute Gasteiger partial charge is 0.330 e. The molecule has 8 nitrogen and oxygen atoms in total. The van der Waals surface area contributed by atoms with Crippen molar-refractivity contribution in [1.82, 2.24) is 9.55 Å². The fraction of sp³-hybridized carbons (Fsp3) is 0.389. The highest BCUT2D eigenvalue weighted by Crippen LogP contribution is 2.19. The van der Waals surface area contributed by atoms with Crippen molar-refractivity contribution in [2.45, 2.75) is 39.3 Å². The van der Waals surface area contributed by atoms with Crippen LogP contribution in [0.25, 0.3) is 0 Å². The molecule has 0 spiro atoms. The highest BCUT2D eigenvalue weighted by atomic mass is 19.1. The molecule has 0 fully saturated rings. The molecule has 2 rings (SSSR count). The Balaban J connectivity index is 2.28. The number of carbonyl (C=O) groups excluding carboxylic acids is 1. The summed E-state index contributed by atoms with van der Waals surface area (Å²) in [6.07, 6.45) is 0.560. The van der Waals surface area contributed by atoms with Gasteiger partial charge in [0.15, 0.2) is 11.8 Å². The molecule has 0 aliphatic heterocycles. The SMILES string of the molecule is CCCCn1c(N)c(N(C)C(=O)[C@@H](C)Oc2ccc(F)cc2)c(=O)[nH]c1=O. The molecule has 1 aromatic carbocycles. The Kier molecular flexibility index (Phi) is 6.38. The lowest BCUT2D eigenvalue weighted by Gasteiger charge is -2.23. The number of ether oxygens (including phenoxy) is 1. The molecule has 0 saturated carbocycles. The largest absolute Gasteiger partial charge is 0.481 e. The van der Waals surface area contributed by atoms with E-state index < -0.39 is 29.1 Å². The summed E-state index contributed by atoms with van der Waals surface area (Å²) in [6, 6.07) is 5.21. The first-order valence-corrected chi connectivity index (χ1v) is 8.58. The topological polar surface area (TPSA) is 110 Å². The number of amides is 1. The van der Waals surface area contributed by atoms with Gasteiger partial charge in [-0.3, -0.25) is 19.1 Å². The number of rotatable bonds is 7. The summed E-state index contributed by atoms with van der Waals surface area (Å²) in [5.74, 6) is -0.744. The van der Waals surface area contributed by atoms with Crippen LogP contribution in [0.2, 0.25) is 0 Å². The van der Waals surface area contributed by atoms with Gasteiger partial charge in [-0.2, -0.15) is 0 Å². The zero-order valence-electron chi connectivity index (χ0n) is 15.5. The van der Waals surface area contributed by atoms with Crippen molar-refractivity contribution >= 4 is 17.4 Å². The Morgan fingerprint density at radius 1 is 1.33 bits per heavy atom. The van der Waals surface area contributed by atoms with E-state index in [0.29, 0.717) is 18.7 Å². The maximum atomic E-state index is 13.0. The quantitative estimate of drug-likeness (QED) is 0.758. The Hall–Kier alpha value is -3.10. The van der Waals surface area contributed by atoms with Gasteiger partial charge in [0.2, 0.25) is 0 Å². The van der Waals surface area contributed by atoms with Crippen LogP contribution in [0, 0.1) is 5.82 Å². The van der Waals surface area contributed by atoms with Crippen LogP contribution in [0.1, 0.15) is 26.7 Å². The van der Waals surface area contributed by atoms with E-state index in [1.807, 2.05) is 6.92 Å². The third kappa shape index (κ3) is 4.55. The van der Waals surface area contributed by atoms with Gasteiger partial charge in [0.25, 0.3) is 11.5 Å². The Bertz CT molecular complexity index is 920. The van der Waals surface area contributed by atoms with E-state index >= 15 is 0 Å². The maximum absolute atomic E-state index is 13.0. The van der Waals surface area contributed by atoms with Crippen LogP contribution in [0.5, 0.6) is 5.75 Å². The second-order valence-electron chi connectivity index (χ2n) is 6.11. The Morgan fingerprint density at radius 2 is 1.96 bits per heavy atom. The second-order valence-corrected chi connectivity index (χ2v) is 6.11. The molecular weight excluding hydrogens is 355 g/mol. The number of aromatic amines is 1. The minimum absolute atomic E-state index is 0.0815. The van der Waals surface area contributed by atoms with Crippen molar-refractivity contribution in [2.24, 2.45) is 0 Å². The van der Waals surface area contributed by atoms with Gasteiger partial charge in [-0.05, 0) is 37.6 Å². The summed E-state index contributed by atoms with van der Waals surface area (Å²) in [4.78, 5) is 40.1. The number of likely N-dealkylation sites (N-methyl/N-ethyl adjacent to an activating group) is 1. The van der Waals surface area contributed by atoms with Crippen molar-refractivity contribution < 1.29 is 13.9 Å². The number of nitrogen functional groups attached to an aromatic ring is 1. The fourth-order valence-corrected chi connectivity index (χ4v) is 2.59. The summed E-state index contributed by atoms with van der Waals surface area (Å²) >= 11 is 0. The van der Waals surface area contributed by atoms with Gasteiger partial charge < -0.3 is 15.4 Å². The number of nitrogens with zero attached hydrogens (tertiary/aromatic N) is 2. The Labute approximate surface area is 155 Å². The highest BCUT2D eigenvalue weighted by Gasteiger charge is 2.25. The molecule has 1 heterocycles. The highest BCUT2D eigenvalue weighted by molar-refractivity contribution is 5.97. The first-order valence-electron chi connectivity index (χ1n) is 8.58. The number of hydrogen-bond donors (Lipinski definition) is 2. The van der Waals surface area contributed by atoms with E-state index in [9.17, 15) is 18.8 Å². The van der Waals surface area contributed by atoms with Gasteiger partial charge in [-0.25, -0.2) is 9.18 Å². The first kappa shape index (κ1) is 20.2. The number of halogens is 1. The third-order valence-electron chi connectivity index (χ3n) is 4.09. The molecule has 2 aromatic rings. The number of aromatic nitrogens is 2. The average molecular weight is 378 g/mol. The molecule has 146 valence electrons. The summed E-state index contributed by atoms with van der Waals surface area (Å²) in [7, 11) is 1.38. The summed E-state index contributed by atoms with van der Waals surface area (Å²) in [5.41, 5.74) is 4.51. The molecule has 0 radical (unpaired) electrons. The third-order valence-corrected chi connectivity index (χ3v) is 4.09. The molecule has 9 heteroatoms. The second kappa shape index (κ2) is 8.52. The van der Waals surface area contributed by atoms with E-state index in [4.69, 9.17) is 10.5 Å². The van der Waals surface area contributed by atoms with Gasteiger partial charge in [-0.1, -0.05) is 13.3 Å². The van der Waals surface area contributed by atoms with Crippen LogP contribution in [-0.2, 0) is 11.3 Å². The predicted octanol–water partition coefficient (Wildman–Crippen LogP) is 1.49. The predicted molar refractivity (Wildman–Crippen MR) is 101 cm³/mol. The zero-order valence-corrected chi connectivity index (χ0v) is 15.5. The number of nitrogens with one attached hydrogen (secondary N) is 1. The summed E-state index contributed by atoms with van der Waals surface area (Å²) in [5, 5.41) is 0. The van der Waals surface area contributed by atoms with Crippen molar-refractivity contribution in [3.63, 3.8) is 0 Å². The van der Waals surface area contributed by atoms with Crippen LogP contribution in [0.15, 0.2) is 33.9 Å². The molecule has 27 heavy (non-hydrogen) atoms. The van der Waals surface area contributed by atoms with Crippen molar-refractivity contribution in [2.75, 3.05) is 17.7 Å². The molecule has 1 aromatic heterocycles. The van der Waals surface area contributed by atoms with Crippen LogP contribution in [-0.4, -0.2) is 28.6 Å². The molecule has 0 aliphatic carbocycles. The van der Waals surface area contributed by atoms with Crippen LogP contribution < -0.4 is 26.6 Å². The molecule has 0 unspecified atom stereocenters. The monoisotopic (exact) mass is 378 g/mol. The normalized spacial score (nSPS) is 11.9. The lowest BCUT2D eigenvalue weighted by molar-refractivity contribution is -0.124. The van der Waals surface area contributed by atoms with Crippen molar-refractivity contribution in [1.29, 1.82) is 0 Å². The number of benzene rings is 1. The minimum atomic E-state index is -0.963. The molecule has 1 atom stereocenters. The van der Waals surface area contributed by atoms with Gasteiger partial charge in [-0.15, -0.1) is 0 Å². The number of nitrogens with two attached hydrogens (primary N) is 1. The number of carbonyl (C=O) groups is 1. The van der Waals surface area contributed by atoms with Crippen molar-refractivity contribution in [3.05, 3.63) is 50.9 Å². The summed E-state index contributed by atoms with van der Waals surface area (Å²) in [6.45, 7) is 3.78. The maximum Gasteiger partial charge on any atom is 0.330 e. The van der Waals surface area contributed by atoms with Crippen LogP contribution in [0.3, 0.4) is 0 Å². The molecule has 0 saturated heterocycles. The fourth-order valence-electron chi connectivity index (χ4n) is 2.59. The van der Waals surface area contributed by atoms with Crippen LogP contribution >= 0.6 is 0 Å². The molecule has 3 N–H and O–H groups in total. The van der Waals surface area contributed by atoms with E-state index in [-0.39, 0.29) is 11.5 Å². The van der Waals surface area contributed by atoms with E-state index in [1.54, 1.807) is 0 Å².